The quantitative estimate of drug-likeness (QED) is 0.749. The lowest BCUT2D eigenvalue weighted by Crippen LogP contribution is -2.34. The predicted octanol–water partition coefficient (Wildman–Crippen LogP) is 3.07. The summed E-state index contributed by atoms with van der Waals surface area (Å²) < 4.78 is 5.09. The van der Waals surface area contributed by atoms with E-state index in [0.29, 0.717) is 0 Å². The number of methoxy groups -OCH3 is 1. The van der Waals surface area contributed by atoms with E-state index in [9.17, 15) is 0 Å². The lowest BCUT2D eigenvalue weighted by molar-refractivity contribution is 0.199. The second-order valence-corrected chi connectivity index (χ2v) is 7.04. The van der Waals surface area contributed by atoms with Crippen LogP contribution in [-0.2, 0) is 17.7 Å². The first-order chi connectivity index (χ1) is 10.2. The molecular formula is C16H29N3OS. The number of piperidine rings is 1. The van der Waals surface area contributed by atoms with E-state index in [2.05, 4.69) is 24.1 Å². The molecule has 1 unspecified atom stereocenters. The van der Waals surface area contributed by atoms with Crippen LogP contribution in [0.2, 0.25) is 0 Å². The molecule has 4 nitrogen and oxygen atoms in total. The van der Waals surface area contributed by atoms with E-state index in [0.717, 1.165) is 45.0 Å². The number of aryl methyl sites for hydroxylation is 1. The van der Waals surface area contributed by atoms with Gasteiger partial charge in [0.15, 0.2) is 5.13 Å². The van der Waals surface area contributed by atoms with Gasteiger partial charge >= 0.3 is 0 Å². The Morgan fingerprint density at radius 1 is 1.48 bits per heavy atom. The van der Waals surface area contributed by atoms with Crippen LogP contribution in [0, 0.1) is 5.92 Å². The van der Waals surface area contributed by atoms with Crippen LogP contribution < -0.4 is 10.2 Å². The highest BCUT2D eigenvalue weighted by Crippen LogP contribution is 2.30. The van der Waals surface area contributed by atoms with E-state index in [-0.39, 0.29) is 0 Å². The maximum Gasteiger partial charge on any atom is 0.185 e. The average Bonchev–Trinajstić information content (AvgIpc) is 2.87. The second-order valence-electron chi connectivity index (χ2n) is 5.98. The molecule has 0 radical (unpaired) electrons. The van der Waals surface area contributed by atoms with Crippen molar-refractivity contribution in [1.29, 1.82) is 0 Å². The molecule has 2 heterocycles. The third-order valence-electron chi connectivity index (χ3n) is 3.95. The summed E-state index contributed by atoms with van der Waals surface area (Å²) in [6.45, 7) is 9.48. The van der Waals surface area contributed by atoms with Crippen molar-refractivity contribution in [3.05, 3.63) is 10.6 Å². The van der Waals surface area contributed by atoms with E-state index < -0.39 is 0 Å². The van der Waals surface area contributed by atoms with E-state index in [1.165, 1.54) is 35.1 Å². The van der Waals surface area contributed by atoms with Gasteiger partial charge < -0.3 is 15.0 Å². The van der Waals surface area contributed by atoms with Crippen molar-refractivity contribution in [3.8, 4) is 0 Å². The molecular weight excluding hydrogens is 282 g/mol. The first-order valence-electron chi connectivity index (χ1n) is 8.17. The molecule has 0 spiro atoms. The summed E-state index contributed by atoms with van der Waals surface area (Å²) in [5, 5.41) is 4.68. The summed E-state index contributed by atoms with van der Waals surface area (Å²) >= 11 is 1.88. The Bertz CT molecular complexity index is 422. The minimum atomic E-state index is 0.762. The first kappa shape index (κ1) is 16.7. The number of hydrogen-bond acceptors (Lipinski definition) is 5. The van der Waals surface area contributed by atoms with Gasteiger partial charge in [-0.2, -0.15) is 0 Å². The van der Waals surface area contributed by atoms with Crippen LogP contribution in [0.3, 0.4) is 0 Å². The smallest absolute Gasteiger partial charge is 0.185 e. The lowest BCUT2D eigenvalue weighted by Gasteiger charge is -2.30. The van der Waals surface area contributed by atoms with Crippen LogP contribution in [0.25, 0.3) is 0 Å². The highest BCUT2D eigenvalue weighted by atomic mass is 32.1. The van der Waals surface area contributed by atoms with Crippen molar-refractivity contribution >= 4 is 16.5 Å². The third kappa shape index (κ3) is 4.94. The number of hydrogen-bond donors (Lipinski definition) is 1. The summed E-state index contributed by atoms with van der Waals surface area (Å²) in [5.41, 5.74) is 1.29. The van der Waals surface area contributed by atoms with Gasteiger partial charge in [0.1, 0.15) is 0 Å². The van der Waals surface area contributed by atoms with Crippen molar-refractivity contribution in [2.45, 2.75) is 46.1 Å². The van der Waals surface area contributed by atoms with Crippen molar-refractivity contribution < 1.29 is 4.74 Å². The Morgan fingerprint density at radius 2 is 2.33 bits per heavy atom. The summed E-state index contributed by atoms with van der Waals surface area (Å²) in [7, 11) is 1.74. The number of rotatable bonds is 8. The number of ether oxygens (including phenoxy) is 1. The van der Waals surface area contributed by atoms with Gasteiger partial charge in [-0.15, -0.1) is 11.3 Å². The molecule has 1 atom stereocenters. The fourth-order valence-corrected chi connectivity index (χ4v) is 3.93. The third-order valence-corrected chi connectivity index (χ3v) is 5.11. The van der Waals surface area contributed by atoms with Crippen LogP contribution in [0.4, 0.5) is 5.13 Å². The Hall–Kier alpha value is -0.650. The van der Waals surface area contributed by atoms with E-state index in [4.69, 9.17) is 9.72 Å². The fraction of sp³-hybridized carbons (Fsp3) is 0.812. The van der Waals surface area contributed by atoms with Crippen LogP contribution >= 0.6 is 11.3 Å². The molecule has 0 saturated carbocycles. The molecule has 21 heavy (non-hydrogen) atoms. The molecule has 5 heteroatoms. The number of anilines is 1. The molecule has 1 aliphatic rings. The van der Waals surface area contributed by atoms with Crippen molar-refractivity contribution in [2.24, 2.45) is 5.92 Å². The molecule has 0 amide bonds. The zero-order valence-electron chi connectivity index (χ0n) is 13.7. The molecule has 1 aromatic rings. The maximum absolute atomic E-state index is 5.09. The van der Waals surface area contributed by atoms with Crippen molar-refractivity contribution in [3.63, 3.8) is 0 Å². The zero-order chi connectivity index (χ0) is 15.1. The van der Waals surface area contributed by atoms with E-state index >= 15 is 0 Å². The molecule has 1 aromatic heterocycles. The predicted molar refractivity (Wildman–Crippen MR) is 90.3 cm³/mol. The topological polar surface area (TPSA) is 37.4 Å². The van der Waals surface area contributed by atoms with Gasteiger partial charge in [-0.25, -0.2) is 4.98 Å². The Labute approximate surface area is 132 Å². The minimum absolute atomic E-state index is 0.762. The van der Waals surface area contributed by atoms with Gasteiger partial charge in [-0.05, 0) is 25.2 Å². The minimum Gasteiger partial charge on any atom is -0.383 e. The largest absolute Gasteiger partial charge is 0.383 e. The fourth-order valence-electron chi connectivity index (χ4n) is 2.81. The second kappa shape index (κ2) is 8.71. The highest BCUT2D eigenvalue weighted by Gasteiger charge is 2.21. The molecule has 120 valence electrons. The standard InChI is InChI=1S/C16H29N3OS/c1-4-6-14-15(11-17-8-10-20-3)21-16(18-14)19-9-5-7-13(2)12-19/h13,17H,4-12H2,1-3H3. The van der Waals surface area contributed by atoms with Crippen LogP contribution in [0.1, 0.15) is 43.7 Å². The van der Waals surface area contributed by atoms with E-state index in [1.54, 1.807) is 7.11 Å². The Morgan fingerprint density at radius 3 is 3.05 bits per heavy atom. The van der Waals surface area contributed by atoms with Crippen LogP contribution in [-0.4, -0.2) is 38.3 Å². The Kier molecular flexibility index (Phi) is 6.93. The molecule has 0 aromatic carbocycles. The average molecular weight is 311 g/mol. The number of nitrogens with one attached hydrogen (secondary N) is 1. The van der Waals surface area contributed by atoms with Crippen LogP contribution in [0.5, 0.6) is 0 Å². The van der Waals surface area contributed by atoms with Gasteiger partial charge in [-0.1, -0.05) is 20.3 Å². The van der Waals surface area contributed by atoms with Crippen molar-refractivity contribution in [2.75, 3.05) is 38.3 Å². The van der Waals surface area contributed by atoms with Gasteiger partial charge in [0.05, 0.1) is 12.3 Å². The monoisotopic (exact) mass is 311 g/mol. The van der Waals surface area contributed by atoms with Gasteiger partial charge in [-0.3, -0.25) is 0 Å². The normalized spacial score (nSPS) is 19.2. The highest BCUT2D eigenvalue weighted by molar-refractivity contribution is 7.15. The summed E-state index contributed by atoms with van der Waals surface area (Å²) in [5.74, 6) is 0.792. The molecule has 2 rings (SSSR count). The number of aromatic nitrogens is 1. The summed E-state index contributed by atoms with van der Waals surface area (Å²) in [6.07, 6.45) is 4.90. The van der Waals surface area contributed by atoms with Crippen molar-refractivity contribution in [1.82, 2.24) is 10.3 Å². The lowest BCUT2D eigenvalue weighted by atomic mass is 10.0. The first-order valence-corrected chi connectivity index (χ1v) is 8.99. The van der Waals surface area contributed by atoms with Gasteiger partial charge in [0.2, 0.25) is 0 Å². The molecule has 1 N–H and O–H groups in total. The molecule has 0 bridgehead atoms. The summed E-state index contributed by atoms with van der Waals surface area (Å²) in [6, 6.07) is 0. The van der Waals surface area contributed by atoms with E-state index in [1.807, 2.05) is 11.3 Å². The molecule has 0 aliphatic carbocycles. The summed E-state index contributed by atoms with van der Waals surface area (Å²) in [4.78, 5) is 8.82. The number of nitrogens with zero attached hydrogens (tertiary/aromatic N) is 2. The SMILES string of the molecule is CCCc1nc(N2CCCC(C)C2)sc1CNCCOC. The van der Waals surface area contributed by atoms with Gasteiger partial charge in [0, 0.05) is 38.2 Å². The van der Waals surface area contributed by atoms with Gasteiger partial charge in [0.25, 0.3) is 0 Å². The molecule has 1 fully saturated rings. The number of thiazole rings is 1. The molecule has 1 saturated heterocycles. The zero-order valence-corrected chi connectivity index (χ0v) is 14.5. The Balaban J connectivity index is 2.01. The van der Waals surface area contributed by atoms with Crippen LogP contribution in [0.15, 0.2) is 0 Å². The maximum atomic E-state index is 5.09. The molecule has 1 aliphatic heterocycles.